The zero-order chi connectivity index (χ0) is 24.4. The molecule has 0 aromatic heterocycles. The van der Waals surface area contributed by atoms with Gasteiger partial charge in [0.2, 0.25) is 0 Å². The lowest BCUT2D eigenvalue weighted by molar-refractivity contribution is -0.131. The van der Waals surface area contributed by atoms with E-state index < -0.39 is 11.9 Å². The second-order valence-corrected chi connectivity index (χ2v) is 8.79. The van der Waals surface area contributed by atoms with Crippen molar-refractivity contribution < 1.29 is 19.1 Å². The largest absolute Gasteiger partial charge is 0.423 e. The summed E-state index contributed by atoms with van der Waals surface area (Å²) in [4.78, 5) is 24.0. The van der Waals surface area contributed by atoms with Crippen LogP contribution in [0.5, 0.6) is 11.5 Å². The third kappa shape index (κ3) is 11.8. The van der Waals surface area contributed by atoms with Gasteiger partial charge in [0, 0.05) is 12.2 Å². The van der Waals surface area contributed by atoms with Gasteiger partial charge in [-0.05, 0) is 61.1 Å². The van der Waals surface area contributed by atoms with E-state index in [4.69, 9.17) is 9.47 Å². The van der Waals surface area contributed by atoms with Gasteiger partial charge in [-0.2, -0.15) is 0 Å². The molecule has 0 aliphatic rings. The minimum atomic E-state index is -0.609. The van der Waals surface area contributed by atoms with Crippen molar-refractivity contribution in [3.63, 3.8) is 0 Å². The van der Waals surface area contributed by atoms with Crippen LogP contribution < -0.4 is 9.47 Å². The standard InChI is InChI=1S/C30H40O4/c1-3-5-7-9-11-13-25-15-19-27(20-16-25)33-29(31)23-24-30(32)34-28-21-17-26(18-22-28)14-12-10-8-6-4-2/h15-24H,3-14H2,1-2H3/b24-23+. The molecule has 0 heterocycles. The average molecular weight is 465 g/mol. The van der Waals surface area contributed by atoms with Crippen molar-refractivity contribution in [2.75, 3.05) is 0 Å². The van der Waals surface area contributed by atoms with Crippen LogP contribution in [0.15, 0.2) is 60.7 Å². The Hall–Kier alpha value is -2.88. The Bertz CT molecular complexity index is 792. The molecule has 2 aromatic rings. The summed E-state index contributed by atoms with van der Waals surface area (Å²) in [6.07, 6.45) is 16.7. The Labute approximate surface area is 205 Å². The molecule has 0 aliphatic heterocycles. The fourth-order valence-corrected chi connectivity index (χ4v) is 3.75. The highest BCUT2D eigenvalue weighted by Gasteiger charge is 2.05. The number of ether oxygens (including phenoxy) is 2. The number of benzene rings is 2. The number of carbonyl (C=O) groups is 2. The SMILES string of the molecule is CCCCCCCc1ccc(OC(=O)/C=C/C(=O)Oc2ccc(CCCCCCC)cc2)cc1. The van der Waals surface area contributed by atoms with Crippen LogP contribution in [0, 0.1) is 0 Å². The fourth-order valence-electron chi connectivity index (χ4n) is 3.75. The summed E-state index contributed by atoms with van der Waals surface area (Å²) < 4.78 is 10.5. The molecule has 0 saturated heterocycles. The van der Waals surface area contributed by atoms with Gasteiger partial charge in [-0.25, -0.2) is 9.59 Å². The topological polar surface area (TPSA) is 52.6 Å². The quantitative estimate of drug-likeness (QED) is 0.110. The van der Waals surface area contributed by atoms with Crippen LogP contribution in [-0.4, -0.2) is 11.9 Å². The van der Waals surface area contributed by atoms with Gasteiger partial charge >= 0.3 is 11.9 Å². The van der Waals surface area contributed by atoms with E-state index >= 15 is 0 Å². The van der Waals surface area contributed by atoms with Crippen LogP contribution in [0.4, 0.5) is 0 Å². The number of carbonyl (C=O) groups excluding carboxylic acids is 2. The Balaban J connectivity index is 1.69. The highest BCUT2D eigenvalue weighted by molar-refractivity contribution is 5.93. The molecule has 0 amide bonds. The van der Waals surface area contributed by atoms with Crippen LogP contribution >= 0.6 is 0 Å². The van der Waals surface area contributed by atoms with Crippen molar-refractivity contribution in [1.29, 1.82) is 0 Å². The minimum absolute atomic E-state index is 0.461. The maximum Gasteiger partial charge on any atom is 0.336 e. The molecule has 0 unspecified atom stereocenters. The third-order valence-corrected chi connectivity index (χ3v) is 5.78. The summed E-state index contributed by atoms with van der Waals surface area (Å²) in [6.45, 7) is 4.43. The Morgan fingerprint density at radius 3 is 1.26 bits per heavy atom. The Morgan fingerprint density at radius 2 is 0.912 bits per heavy atom. The third-order valence-electron chi connectivity index (χ3n) is 5.78. The van der Waals surface area contributed by atoms with E-state index in [1.807, 2.05) is 24.3 Å². The number of esters is 2. The number of rotatable bonds is 16. The summed E-state index contributed by atoms with van der Waals surface area (Å²) in [5.74, 6) is -0.295. The lowest BCUT2D eigenvalue weighted by Gasteiger charge is -2.05. The lowest BCUT2D eigenvalue weighted by atomic mass is 10.1. The van der Waals surface area contributed by atoms with Gasteiger partial charge in [0.25, 0.3) is 0 Å². The molecular weight excluding hydrogens is 424 g/mol. The van der Waals surface area contributed by atoms with Gasteiger partial charge in [-0.15, -0.1) is 0 Å². The smallest absolute Gasteiger partial charge is 0.336 e. The van der Waals surface area contributed by atoms with E-state index in [-0.39, 0.29) is 0 Å². The highest BCUT2D eigenvalue weighted by Crippen LogP contribution is 2.17. The van der Waals surface area contributed by atoms with Gasteiger partial charge in [-0.1, -0.05) is 89.5 Å². The van der Waals surface area contributed by atoms with Crippen LogP contribution in [0.3, 0.4) is 0 Å². The molecule has 0 spiro atoms. The highest BCUT2D eigenvalue weighted by atomic mass is 16.5. The molecule has 0 fully saturated rings. The van der Waals surface area contributed by atoms with Crippen LogP contribution in [0.1, 0.15) is 89.2 Å². The molecule has 2 aromatic carbocycles. The monoisotopic (exact) mass is 464 g/mol. The maximum atomic E-state index is 12.0. The molecule has 2 rings (SSSR count). The van der Waals surface area contributed by atoms with Gasteiger partial charge < -0.3 is 9.47 Å². The van der Waals surface area contributed by atoms with Gasteiger partial charge in [0.1, 0.15) is 11.5 Å². The molecule has 0 N–H and O–H groups in total. The zero-order valence-electron chi connectivity index (χ0n) is 20.9. The van der Waals surface area contributed by atoms with Crippen molar-refractivity contribution in [1.82, 2.24) is 0 Å². The zero-order valence-corrected chi connectivity index (χ0v) is 20.9. The van der Waals surface area contributed by atoms with Crippen molar-refractivity contribution in [3.05, 3.63) is 71.8 Å². The molecular formula is C30H40O4. The first kappa shape index (κ1) is 27.4. The van der Waals surface area contributed by atoms with Crippen LogP contribution in [0.2, 0.25) is 0 Å². The van der Waals surface area contributed by atoms with Crippen LogP contribution in [-0.2, 0) is 22.4 Å². The molecule has 34 heavy (non-hydrogen) atoms. The predicted octanol–water partition coefficient (Wildman–Crippen LogP) is 7.78. The van der Waals surface area contributed by atoms with Gasteiger partial charge in [0.05, 0.1) is 0 Å². The molecule has 184 valence electrons. The molecule has 4 heteroatoms. The number of hydrogen-bond acceptors (Lipinski definition) is 4. The molecule has 0 atom stereocenters. The van der Waals surface area contributed by atoms with Crippen molar-refractivity contribution in [2.45, 2.75) is 90.9 Å². The van der Waals surface area contributed by atoms with Gasteiger partial charge in [0.15, 0.2) is 0 Å². The predicted molar refractivity (Wildman–Crippen MR) is 138 cm³/mol. The second-order valence-electron chi connectivity index (χ2n) is 8.79. The first-order valence-corrected chi connectivity index (χ1v) is 12.9. The lowest BCUT2D eigenvalue weighted by Crippen LogP contribution is -2.08. The summed E-state index contributed by atoms with van der Waals surface area (Å²) in [6, 6.07) is 15.1. The minimum Gasteiger partial charge on any atom is -0.423 e. The summed E-state index contributed by atoms with van der Waals surface area (Å²) >= 11 is 0. The average Bonchev–Trinajstić information content (AvgIpc) is 2.84. The number of unbranched alkanes of at least 4 members (excludes halogenated alkanes) is 8. The Kier molecular flexibility index (Phi) is 13.4. The molecule has 4 nitrogen and oxygen atoms in total. The normalized spacial score (nSPS) is 11.0. The van der Waals surface area contributed by atoms with E-state index in [9.17, 15) is 9.59 Å². The first-order chi connectivity index (χ1) is 16.6. The number of aryl methyl sites for hydroxylation is 2. The maximum absolute atomic E-state index is 12.0. The van der Waals surface area contributed by atoms with E-state index in [1.54, 1.807) is 24.3 Å². The van der Waals surface area contributed by atoms with E-state index in [0.717, 1.165) is 25.0 Å². The summed E-state index contributed by atoms with van der Waals surface area (Å²) in [5.41, 5.74) is 2.47. The second kappa shape index (κ2) is 16.7. The van der Waals surface area contributed by atoms with E-state index in [2.05, 4.69) is 13.8 Å². The van der Waals surface area contributed by atoms with Crippen molar-refractivity contribution in [3.8, 4) is 11.5 Å². The Morgan fingerprint density at radius 1 is 0.559 bits per heavy atom. The summed E-state index contributed by atoms with van der Waals surface area (Å²) in [5, 5.41) is 0. The van der Waals surface area contributed by atoms with Crippen molar-refractivity contribution >= 4 is 11.9 Å². The van der Waals surface area contributed by atoms with E-state index in [1.165, 1.54) is 75.3 Å². The molecule has 0 bridgehead atoms. The van der Waals surface area contributed by atoms with Crippen molar-refractivity contribution in [2.24, 2.45) is 0 Å². The molecule has 0 saturated carbocycles. The van der Waals surface area contributed by atoms with E-state index in [0.29, 0.717) is 11.5 Å². The van der Waals surface area contributed by atoms with Gasteiger partial charge in [-0.3, -0.25) is 0 Å². The molecule has 0 radical (unpaired) electrons. The first-order valence-electron chi connectivity index (χ1n) is 12.9. The molecule has 0 aliphatic carbocycles. The summed E-state index contributed by atoms with van der Waals surface area (Å²) in [7, 11) is 0. The fraction of sp³-hybridized carbons (Fsp3) is 0.467. The van der Waals surface area contributed by atoms with Crippen LogP contribution in [0.25, 0.3) is 0 Å². The number of hydrogen-bond donors (Lipinski definition) is 0.